The zero-order chi connectivity index (χ0) is 15.6. The van der Waals surface area contributed by atoms with E-state index in [4.69, 9.17) is 25.5 Å². The molecule has 0 aliphatic carbocycles. The van der Waals surface area contributed by atoms with E-state index in [1.807, 2.05) is 0 Å². The maximum Gasteiger partial charge on any atom is 0.328 e. The second-order valence-electron chi connectivity index (χ2n) is 2.07. The quantitative estimate of drug-likeness (QED) is 0.441. The Morgan fingerprint density at radius 3 is 1.11 bits per heavy atom. The molecule has 0 rings (SSSR count). The predicted octanol–water partition coefficient (Wildman–Crippen LogP) is -0.200. The van der Waals surface area contributed by atoms with Crippen molar-refractivity contribution in [1.82, 2.24) is 0 Å². The number of carboxylic acids is 3. The van der Waals surface area contributed by atoms with Gasteiger partial charge in [0, 0.05) is 32.3 Å². The van der Waals surface area contributed by atoms with Crippen molar-refractivity contribution in [1.29, 1.82) is 0 Å². The second-order valence-corrected chi connectivity index (χ2v) is 2.07. The Labute approximate surface area is 105 Å². The van der Waals surface area contributed by atoms with Crippen molar-refractivity contribution in [3.05, 3.63) is 12.2 Å². The molecule has 0 aromatic rings. The van der Waals surface area contributed by atoms with Gasteiger partial charge in [-0.05, 0) is 6.92 Å². The van der Waals surface area contributed by atoms with Gasteiger partial charge in [-0.25, -0.2) is 9.59 Å². The van der Waals surface area contributed by atoms with Crippen LogP contribution in [0.2, 0.25) is 0 Å². The Balaban J connectivity index is -0.0000000842. The Morgan fingerprint density at radius 2 is 1.06 bits per heavy atom. The fraction of sp³-hybridized carbons (Fsp3) is 0.500. The van der Waals surface area contributed by atoms with Crippen LogP contribution in [0.4, 0.5) is 0 Å². The van der Waals surface area contributed by atoms with Gasteiger partial charge in [0.1, 0.15) is 0 Å². The molecule has 0 amide bonds. The minimum absolute atomic E-state index is 0.222. The first kappa shape index (κ1) is 25.1. The zero-order valence-corrected chi connectivity index (χ0v) is 10.5. The van der Waals surface area contributed by atoms with Gasteiger partial charge in [-0.1, -0.05) is 6.92 Å². The summed E-state index contributed by atoms with van der Waals surface area (Å²) in [6, 6.07) is 0. The highest BCUT2D eigenvalue weighted by molar-refractivity contribution is 5.89. The Kier molecular flexibility index (Phi) is 33.9. The highest BCUT2D eigenvalue weighted by Crippen LogP contribution is 1.70. The number of aliphatic carboxylic acids is 3. The number of carboxylic acid groups (broad SMARTS) is 3. The normalized spacial score (nSPS) is 7.61. The van der Waals surface area contributed by atoms with Gasteiger partial charge in [-0.2, -0.15) is 0 Å². The SMILES string of the molecule is CCC(=O)O.CCO.CO.O=C(O)/C=C\C(=O)O. The third-order valence-corrected chi connectivity index (χ3v) is 0.671. The van der Waals surface area contributed by atoms with Gasteiger partial charge in [-0.3, -0.25) is 4.79 Å². The molecule has 0 saturated carbocycles. The molecule has 18 heavy (non-hydrogen) atoms. The summed E-state index contributed by atoms with van der Waals surface area (Å²) >= 11 is 0. The lowest BCUT2D eigenvalue weighted by Crippen LogP contribution is -1.91. The van der Waals surface area contributed by atoms with Crippen molar-refractivity contribution in [2.45, 2.75) is 20.3 Å². The van der Waals surface area contributed by atoms with E-state index in [9.17, 15) is 14.4 Å². The summed E-state index contributed by atoms with van der Waals surface area (Å²) in [5.74, 6) is -3.26. The van der Waals surface area contributed by atoms with Crippen molar-refractivity contribution in [3.8, 4) is 0 Å². The summed E-state index contributed by atoms with van der Waals surface area (Å²) in [6.45, 7) is 3.53. The van der Waals surface area contributed by atoms with Gasteiger partial charge in [0.05, 0.1) is 0 Å². The van der Waals surface area contributed by atoms with Crippen LogP contribution in [0.1, 0.15) is 20.3 Å². The van der Waals surface area contributed by atoms with Gasteiger partial charge in [0.25, 0.3) is 0 Å². The molecule has 0 heterocycles. The van der Waals surface area contributed by atoms with E-state index in [0.717, 1.165) is 7.11 Å². The smallest absolute Gasteiger partial charge is 0.328 e. The minimum atomic E-state index is -1.26. The molecule has 0 aromatic heterocycles. The molecular weight excluding hydrogens is 248 g/mol. The van der Waals surface area contributed by atoms with Crippen molar-refractivity contribution in [2.24, 2.45) is 0 Å². The van der Waals surface area contributed by atoms with E-state index < -0.39 is 17.9 Å². The van der Waals surface area contributed by atoms with Crippen LogP contribution < -0.4 is 0 Å². The number of aliphatic hydroxyl groups excluding tert-OH is 2. The molecule has 0 bridgehead atoms. The monoisotopic (exact) mass is 268 g/mol. The van der Waals surface area contributed by atoms with Gasteiger partial charge in [0.2, 0.25) is 0 Å². The molecule has 0 aromatic carbocycles. The molecule has 108 valence electrons. The summed E-state index contributed by atoms with van der Waals surface area (Å²) in [5.41, 5.74) is 0. The highest BCUT2D eigenvalue weighted by atomic mass is 16.4. The van der Waals surface area contributed by atoms with Gasteiger partial charge >= 0.3 is 17.9 Å². The van der Waals surface area contributed by atoms with E-state index in [1.165, 1.54) is 0 Å². The fourth-order valence-electron chi connectivity index (χ4n) is 0.143. The van der Waals surface area contributed by atoms with Crippen LogP contribution in [0, 0.1) is 0 Å². The lowest BCUT2D eigenvalue weighted by molar-refractivity contribution is -0.136. The lowest BCUT2D eigenvalue weighted by atomic mass is 10.5. The van der Waals surface area contributed by atoms with Crippen LogP contribution in [0.25, 0.3) is 0 Å². The molecule has 0 unspecified atom stereocenters. The first-order chi connectivity index (χ1) is 8.31. The molecule has 0 atom stereocenters. The Hall–Kier alpha value is -1.93. The Morgan fingerprint density at radius 1 is 0.889 bits per heavy atom. The highest BCUT2D eigenvalue weighted by Gasteiger charge is 1.88. The lowest BCUT2D eigenvalue weighted by Gasteiger charge is -1.74. The second kappa shape index (κ2) is 24.3. The summed E-state index contributed by atoms with van der Waals surface area (Å²) < 4.78 is 0. The molecule has 0 aliphatic heterocycles. The molecule has 0 aliphatic rings. The first-order valence-electron chi connectivity index (χ1n) is 4.73. The minimum Gasteiger partial charge on any atom is -0.481 e. The van der Waals surface area contributed by atoms with Gasteiger partial charge in [0.15, 0.2) is 0 Å². The standard InChI is InChI=1S/C4H4O4.C3H6O2.C2H6O.CH4O/c5-3(6)1-2-4(7)8;1-2-3(4)5;1-2-3;1-2/h1-2H,(H,5,6)(H,7,8);2H2,1H3,(H,4,5);3H,2H2,1H3;2H,1H3/b2-1-;;;. The average molecular weight is 268 g/mol. The predicted molar refractivity (Wildman–Crippen MR) is 63.2 cm³/mol. The van der Waals surface area contributed by atoms with Crippen molar-refractivity contribution in [3.63, 3.8) is 0 Å². The van der Waals surface area contributed by atoms with E-state index in [2.05, 4.69) is 0 Å². The van der Waals surface area contributed by atoms with Crippen LogP contribution in [0.3, 0.4) is 0 Å². The number of rotatable bonds is 3. The largest absolute Gasteiger partial charge is 0.481 e. The Bertz CT molecular complexity index is 218. The van der Waals surface area contributed by atoms with E-state index in [0.29, 0.717) is 12.2 Å². The topological polar surface area (TPSA) is 152 Å². The number of carbonyl (C=O) groups is 3. The molecule has 0 saturated heterocycles. The maximum atomic E-state index is 9.55. The molecule has 8 nitrogen and oxygen atoms in total. The molecule has 0 fully saturated rings. The van der Waals surface area contributed by atoms with Gasteiger partial charge in [-0.15, -0.1) is 0 Å². The molecule has 0 radical (unpaired) electrons. The van der Waals surface area contributed by atoms with Crippen LogP contribution in [0.5, 0.6) is 0 Å². The number of hydrogen-bond donors (Lipinski definition) is 5. The number of hydrogen-bond acceptors (Lipinski definition) is 5. The summed E-state index contributed by atoms with van der Waals surface area (Å²) in [4.78, 5) is 28.5. The molecule has 5 N–H and O–H groups in total. The molecule has 8 heteroatoms. The van der Waals surface area contributed by atoms with Crippen molar-refractivity contribution in [2.75, 3.05) is 13.7 Å². The van der Waals surface area contributed by atoms with Crippen LogP contribution in [-0.2, 0) is 14.4 Å². The third kappa shape index (κ3) is 93.5. The third-order valence-electron chi connectivity index (χ3n) is 0.671. The average Bonchev–Trinajstić information content (AvgIpc) is 2.31. The van der Waals surface area contributed by atoms with Crippen LogP contribution >= 0.6 is 0 Å². The summed E-state index contributed by atoms with van der Waals surface area (Å²) in [7, 11) is 1.00. The van der Waals surface area contributed by atoms with Crippen LogP contribution in [0.15, 0.2) is 12.2 Å². The summed E-state index contributed by atoms with van der Waals surface area (Å²) in [6.07, 6.45) is 1.34. The fourth-order valence-corrected chi connectivity index (χ4v) is 0.143. The van der Waals surface area contributed by atoms with Crippen LogP contribution in [-0.4, -0.2) is 57.2 Å². The first-order valence-corrected chi connectivity index (χ1v) is 4.73. The van der Waals surface area contributed by atoms with Crippen molar-refractivity contribution >= 4 is 17.9 Å². The summed E-state index contributed by atoms with van der Waals surface area (Å²) in [5, 5.41) is 37.9. The van der Waals surface area contributed by atoms with E-state index in [-0.39, 0.29) is 13.0 Å². The molecule has 0 spiro atoms. The van der Waals surface area contributed by atoms with E-state index in [1.54, 1.807) is 13.8 Å². The maximum absolute atomic E-state index is 9.55. The number of aliphatic hydroxyl groups is 2. The van der Waals surface area contributed by atoms with Crippen molar-refractivity contribution < 1.29 is 39.9 Å². The zero-order valence-electron chi connectivity index (χ0n) is 10.5. The van der Waals surface area contributed by atoms with E-state index >= 15 is 0 Å². The molecular formula is C10H20O8. The van der Waals surface area contributed by atoms with Gasteiger partial charge < -0.3 is 25.5 Å².